The molecule has 1 saturated heterocycles. The van der Waals surface area contributed by atoms with Crippen molar-refractivity contribution in [1.29, 1.82) is 0 Å². The average molecular weight is 389 g/mol. The van der Waals surface area contributed by atoms with Gasteiger partial charge in [0.1, 0.15) is 0 Å². The van der Waals surface area contributed by atoms with Gasteiger partial charge in [-0.2, -0.15) is 0 Å². The summed E-state index contributed by atoms with van der Waals surface area (Å²) in [5, 5.41) is 9.87. The van der Waals surface area contributed by atoms with Crippen molar-refractivity contribution in [2.45, 2.75) is 18.7 Å². The molecule has 0 bridgehead atoms. The molecule has 3 unspecified atom stereocenters. The molecule has 0 saturated carbocycles. The Bertz CT molecular complexity index is 581. The largest absolute Gasteiger partial charge is 0.771 e. The Labute approximate surface area is 155 Å². The number of piperazine rings is 1. The minimum absolute atomic E-state index is 0.113. The van der Waals surface area contributed by atoms with Crippen LogP contribution in [-0.2, 0) is 15.9 Å². The molecule has 9 heteroatoms. The molecule has 1 amide bonds. The molecule has 25 heavy (non-hydrogen) atoms. The molecule has 0 aromatic heterocycles. The van der Waals surface area contributed by atoms with Crippen LogP contribution >= 0.6 is 11.6 Å². The van der Waals surface area contributed by atoms with E-state index in [0.29, 0.717) is 36.0 Å². The highest BCUT2D eigenvalue weighted by molar-refractivity contribution is 7.79. The second-order valence-electron chi connectivity index (χ2n) is 6.28. The number of hydrogen-bond acceptors (Lipinski definition) is 6. The van der Waals surface area contributed by atoms with Gasteiger partial charge in [0.25, 0.3) is 0 Å². The number of benzene rings is 1. The van der Waals surface area contributed by atoms with E-state index in [1.54, 1.807) is 0 Å². The molecule has 1 N–H and O–H groups in total. The zero-order chi connectivity index (χ0) is 18.4. The number of rotatable bonds is 8. The smallest absolute Gasteiger partial charge is 0.233 e. The van der Waals surface area contributed by atoms with Gasteiger partial charge in [0.15, 0.2) is 0 Å². The maximum Gasteiger partial charge on any atom is 0.233 e. The van der Waals surface area contributed by atoms with Crippen molar-refractivity contribution in [3.63, 3.8) is 0 Å². The predicted molar refractivity (Wildman–Crippen MR) is 96.3 cm³/mol. The third kappa shape index (κ3) is 5.93. The zero-order valence-electron chi connectivity index (χ0n) is 14.1. The minimum atomic E-state index is -2.25. The minimum Gasteiger partial charge on any atom is -0.771 e. The van der Waals surface area contributed by atoms with Gasteiger partial charge in [0.2, 0.25) is 6.41 Å². The molecule has 3 atom stereocenters. The lowest BCUT2D eigenvalue weighted by atomic mass is 10.1. The van der Waals surface area contributed by atoms with Crippen molar-refractivity contribution < 1.29 is 18.8 Å². The zero-order valence-corrected chi connectivity index (χ0v) is 15.7. The summed E-state index contributed by atoms with van der Waals surface area (Å²) >= 11 is 3.66. The Morgan fingerprint density at radius 3 is 2.44 bits per heavy atom. The first-order valence-electron chi connectivity index (χ1n) is 8.14. The number of carbonyl (C=O) groups is 1. The molecule has 1 fully saturated rings. The number of nitrogens with zero attached hydrogens (tertiary/aromatic N) is 3. The van der Waals surface area contributed by atoms with Crippen LogP contribution in [0, 0.1) is 5.92 Å². The summed E-state index contributed by atoms with van der Waals surface area (Å²) in [6, 6.07) is 7.60. The number of carbonyl (C=O) groups excluding carboxylic acids is 1. The van der Waals surface area contributed by atoms with E-state index in [1.165, 1.54) is 0 Å². The molecule has 0 radical (unpaired) electrons. The quantitative estimate of drug-likeness (QED) is 0.314. The van der Waals surface area contributed by atoms with Crippen molar-refractivity contribution in [3.8, 4) is 0 Å². The standard InChI is InChI=1S/C16H24ClN3O4S/c1-13(11-20(22)12-21)10-16(25(23)24)19-8-6-18(7-9-19)15-4-2-14(17)3-5-15/h2-5,12-13,16,22H,6-11H2,1H3,(H,23,24)/p-1. The predicted octanol–water partition coefficient (Wildman–Crippen LogP) is 1.54. The summed E-state index contributed by atoms with van der Waals surface area (Å²) in [6.07, 6.45) is 0.687. The first kappa shape index (κ1) is 20.1. The second-order valence-corrected chi connectivity index (χ2v) is 7.78. The number of anilines is 1. The van der Waals surface area contributed by atoms with Gasteiger partial charge in [0, 0.05) is 36.9 Å². The third-order valence-electron chi connectivity index (χ3n) is 4.36. The van der Waals surface area contributed by atoms with Crippen LogP contribution in [0.15, 0.2) is 24.3 Å². The molecule has 1 heterocycles. The normalized spacial score (nSPS) is 19.3. The summed E-state index contributed by atoms with van der Waals surface area (Å²) < 4.78 is 23.3. The highest BCUT2D eigenvalue weighted by Crippen LogP contribution is 2.22. The number of hydroxylamine groups is 2. The van der Waals surface area contributed by atoms with Crippen molar-refractivity contribution in [1.82, 2.24) is 9.96 Å². The first-order valence-corrected chi connectivity index (χ1v) is 9.65. The lowest BCUT2D eigenvalue weighted by Gasteiger charge is -2.41. The number of amides is 1. The molecule has 1 aromatic rings. The summed E-state index contributed by atoms with van der Waals surface area (Å²) in [7, 11) is 0. The van der Waals surface area contributed by atoms with Crippen LogP contribution in [-0.4, -0.2) is 68.4 Å². The molecule has 2 rings (SSSR count). The van der Waals surface area contributed by atoms with Gasteiger partial charge >= 0.3 is 0 Å². The Morgan fingerprint density at radius 2 is 1.92 bits per heavy atom. The summed E-state index contributed by atoms with van der Waals surface area (Å²) in [6.45, 7) is 4.64. The van der Waals surface area contributed by atoms with Crippen LogP contribution in [0.2, 0.25) is 5.02 Å². The molecule has 1 aliphatic rings. The van der Waals surface area contributed by atoms with Gasteiger partial charge in [-0.25, -0.2) is 5.06 Å². The Hall–Kier alpha value is -1.19. The monoisotopic (exact) mass is 388 g/mol. The highest BCUT2D eigenvalue weighted by Gasteiger charge is 2.26. The van der Waals surface area contributed by atoms with E-state index >= 15 is 0 Å². The molecular weight excluding hydrogens is 366 g/mol. The van der Waals surface area contributed by atoms with Gasteiger partial charge in [0.05, 0.1) is 11.9 Å². The summed E-state index contributed by atoms with van der Waals surface area (Å²) in [5.41, 5.74) is 1.07. The Kier molecular flexibility index (Phi) is 7.64. The van der Waals surface area contributed by atoms with Gasteiger partial charge in [-0.15, -0.1) is 0 Å². The maximum atomic E-state index is 11.7. The topological polar surface area (TPSA) is 87.2 Å². The van der Waals surface area contributed by atoms with E-state index in [9.17, 15) is 18.8 Å². The van der Waals surface area contributed by atoms with Crippen LogP contribution in [0.5, 0.6) is 0 Å². The van der Waals surface area contributed by atoms with Crippen molar-refractivity contribution in [2.75, 3.05) is 37.6 Å². The highest BCUT2D eigenvalue weighted by atomic mass is 35.5. The van der Waals surface area contributed by atoms with Gasteiger partial charge < -0.3 is 9.45 Å². The van der Waals surface area contributed by atoms with E-state index in [4.69, 9.17) is 11.6 Å². The van der Waals surface area contributed by atoms with E-state index in [1.807, 2.05) is 36.1 Å². The van der Waals surface area contributed by atoms with Crippen molar-refractivity contribution in [2.24, 2.45) is 5.92 Å². The molecule has 0 aliphatic carbocycles. The Balaban J connectivity index is 1.92. The SMILES string of the molecule is CC(CC(N1CCN(c2ccc(Cl)cc2)CC1)S(=O)[O-])CN(O)C=O. The first-order chi connectivity index (χ1) is 11.9. The van der Waals surface area contributed by atoms with Gasteiger partial charge in [-0.3, -0.25) is 19.1 Å². The Morgan fingerprint density at radius 1 is 1.32 bits per heavy atom. The maximum absolute atomic E-state index is 11.7. The molecule has 140 valence electrons. The van der Waals surface area contributed by atoms with E-state index in [-0.39, 0.29) is 12.5 Å². The fraction of sp³-hybridized carbons (Fsp3) is 0.562. The van der Waals surface area contributed by atoms with Crippen LogP contribution in [0.1, 0.15) is 13.3 Å². The van der Waals surface area contributed by atoms with Crippen molar-refractivity contribution >= 4 is 34.8 Å². The van der Waals surface area contributed by atoms with E-state index in [2.05, 4.69) is 4.90 Å². The van der Waals surface area contributed by atoms with Crippen LogP contribution < -0.4 is 4.90 Å². The molecule has 1 aliphatic heterocycles. The second kappa shape index (κ2) is 9.49. The molecule has 1 aromatic carbocycles. The average Bonchev–Trinajstić information content (AvgIpc) is 2.60. The summed E-state index contributed by atoms with van der Waals surface area (Å²) in [5.74, 6) is -0.132. The molecular formula is C16H23ClN3O4S-. The number of halogens is 1. The molecule has 0 spiro atoms. The van der Waals surface area contributed by atoms with Crippen molar-refractivity contribution in [3.05, 3.63) is 29.3 Å². The lowest BCUT2D eigenvalue weighted by molar-refractivity contribution is -0.152. The fourth-order valence-electron chi connectivity index (χ4n) is 3.05. The van der Waals surface area contributed by atoms with Gasteiger partial charge in [-0.05, 0) is 47.7 Å². The third-order valence-corrected chi connectivity index (χ3v) is 5.55. The molecule has 7 nitrogen and oxygen atoms in total. The lowest BCUT2D eigenvalue weighted by Crippen LogP contribution is -2.52. The van der Waals surface area contributed by atoms with E-state index < -0.39 is 16.5 Å². The van der Waals surface area contributed by atoms with Crippen LogP contribution in [0.3, 0.4) is 0 Å². The van der Waals surface area contributed by atoms with Gasteiger partial charge in [-0.1, -0.05) is 18.5 Å². The van der Waals surface area contributed by atoms with Crippen LogP contribution in [0.25, 0.3) is 0 Å². The number of hydrogen-bond donors (Lipinski definition) is 1. The summed E-state index contributed by atoms with van der Waals surface area (Å²) in [4.78, 5) is 14.6. The van der Waals surface area contributed by atoms with Crippen LogP contribution in [0.4, 0.5) is 5.69 Å². The fourth-order valence-corrected chi connectivity index (χ4v) is 4.12. The van der Waals surface area contributed by atoms with E-state index in [0.717, 1.165) is 18.8 Å².